The van der Waals surface area contributed by atoms with Gasteiger partial charge in [-0.2, -0.15) is 0 Å². The summed E-state index contributed by atoms with van der Waals surface area (Å²) in [6.07, 6.45) is 1.65. The van der Waals surface area contributed by atoms with E-state index in [1.165, 1.54) is 7.11 Å². The van der Waals surface area contributed by atoms with Gasteiger partial charge < -0.3 is 14.4 Å². The number of likely N-dealkylation sites (tertiary alicyclic amines) is 1. The van der Waals surface area contributed by atoms with Gasteiger partial charge in [-0.15, -0.1) is 0 Å². The number of carbonyl (C=O) groups is 2. The van der Waals surface area contributed by atoms with Crippen LogP contribution in [0.2, 0.25) is 0 Å². The first-order valence-corrected chi connectivity index (χ1v) is 9.87. The minimum Gasteiger partial charge on any atom is -0.453 e. The average molecular weight is 365 g/mol. The molecule has 7 nitrogen and oxygen atoms in total. The molecule has 26 heavy (non-hydrogen) atoms. The van der Waals surface area contributed by atoms with E-state index in [1.807, 2.05) is 16.8 Å². The number of ether oxygens (including phenoxy) is 2. The fourth-order valence-electron chi connectivity index (χ4n) is 5.30. The standard InChI is InChI=1S/C19H31N3O4/c1-11(2)20(3)18(23)17-15-7-21(8-16(15)17)12-5-13-9-26-10-14(6-12)22(13)19(24)25-4/h11-17H,5-10H2,1-4H3/t12?,13?,14?,15-,16+,17+. The molecule has 0 N–H and O–H groups in total. The van der Waals surface area contributed by atoms with Gasteiger partial charge in [0.25, 0.3) is 0 Å². The van der Waals surface area contributed by atoms with E-state index < -0.39 is 0 Å². The normalized spacial score (nSPS) is 38.9. The molecule has 0 aromatic rings. The van der Waals surface area contributed by atoms with E-state index in [4.69, 9.17) is 9.47 Å². The lowest BCUT2D eigenvalue weighted by Gasteiger charge is -2.49. The molecule has 4 rings (SSSR count). The minimum atomic E-state index is -0.228. The molecule has 7 heteroatoms. The Bertz CT molecular complexity index is 557. The summed E-state index contributed by atoms with van der Waals surface area (Å²) in [6, 6.07) is 0.978. The molecule has 3 heterocycles. The molecule has 1 aliphatic carbocycles. The largest absolute Gasteiger partial charge is 0.453 e. The SMILES string of the molecule is COC(=O)N1C2COCC1CC(N1C[C@@H]3[C@H](C1)[C@H]3C(=O)N(C)C(C)C)C2. The third-order valence-corrected chi connectivity index (χ3v) is 7.03. The van der Waals surface area contributed by atoms with Gasteiger partial charge in [-0.3, -0.25) is 14.6 Å². The van der Waals surface area contributed by atoms with Crippen molar-refractivity contribution < 1.29 is 19.1 Å². The second-order valence-corrected chi connectivity index (χ2v) is 8.70. The number of methoxy groups -OCH3 is 1. The van der Waals surface area contributed by atoms with Crippen LogP contribution in [0.5, 0.6) is 0 Å². The number of amides is 2. The van der Waals surface area contributed by atoms with Crippen molar-refractivity contribution in [1.82, 2.24) is 14.7 Å². The van der Waals surface area contributed by atoms with Gasteiger partial charge in [0, 0.05) is 38.1 Å². The number of morpholine rings is 1. The van der Waals surface area contributed by atoms with Crippen molar-refractivity contribution >= 4 is 12.0 Å². The molecular weight excluding hydrogens is 334 g/mol. The Morgan fingerprint density at radius 3 is 2.15 bits per heavy atom. The van der Waals surface area contributed by atoms with Crippen LogP contribution in [0.3, 0.4) is 0 Å². The summed E-state index contributed by atoms with van der Waals surface area (Å²) in [6.45, 7) is 7.38. The number of rotatable bonds is 3. The zero-order chi connectivity index (χ0) is 18.6. The van der Waals surface area contributed by atoms with Gasteiger partial charge in [0.15, 0.2) is 0 Å². The highest BCUT2D eigenvalue weighted by Crippen LogP contribution is 2.53. The van der Waals surface area contributed by atoms with Crippen LogP contribution in [0.4, 0.5) is 4.79 Å². The van der Waals surface area contributed by atoms with Gasteiger partial charge in [-0.05, 0) is 38.5 Å². The van der Waals surface area contributed by atoms with Crippen molar-refractivity contribution in [3.05, 3.63) is 0 Å². The van der Waals surface area contributed by atoms with Crippen molar-refractivity contribution in [3.63, 3.8) is 0 Å². The molecule has 3 saturated heterocycles. The van der Waals surface area contributed by atoms with Crippen LogP contribution in [0, 0.1) is 17.8 Å². The molecule has 5 atom stereocenters. The van der Waals surface area contributed by atoms with E-state index in [2.05, 4.69) is 18.7 Å². The molecule has 2 bridgehead atoms. The molecular formula is C19H31N3O4. The summed E-state index contributed by atoms with van der Waals surface area (Å²) in [5.41, 5.74) is 0. The highest BCUT2D eigenvalue weighted by molar-refractivity contribution is 5.82. The smallest absolute Gasteiger partial charge is 0.410 e. The van der Waals surface area contributed by atoms with Crippen LogP contribution in [-0.2, 0) is 14.3 Å². The molecule has 0 radical (unpaired) electrons. The topological polar surface area (TPSA) is 62.3 Å². The number of carbonyl (C=O) groups excluding carboxylic acids is 2. The fraction of sp³-hybridized carbons (Fsp3) is 0.895. The average Bonchev–Trinajstić information content (AvgIpc) is 3.11. The van der Waals surface area contributed by atoms with Crippen LogP contribution in [0.15, 0.2) is 0 Å². The molecule has 4 fully saturated rings. The second-order valence-electron chi connectivity index (χ2n) is 8.70. The number of nitrogens with zero attached hydrogens (tertiary/aromatic N) is 3. The third-order valence-electron chi connectivity index (χ3n) is 7.03. The van der Waals surface area contributed by atoms with E-state index in [1.54, 1.807) is 0 Å². The lowest BCUT2D eigenvalue weighted by Crippen LogP contribution is -2.62. The van der Waals surface area contributed by atoms with Crippen molar-refractivity contribution in [2.45, 2.75) is 50.9 Å². The molecule has 1 saturated carbocycles. The summed E-state index contributed by atoms with van der Waals surface area (Å²) < 4.78 is 10.7. The Kier molecular flexibility index (Phi) is 4.63. The zero-order valence-electron chi connectivity index (χ0n) is 16.3. The Morgan fingerprint density at radius 1 is 1.08 bits per heavy atom. The monoisotopic (exact) mass is 365 g/mol. The first kappa shape index (κ1) is 18.0. The predicted molar refractivity (Wildman–Crippen MR) is 95.6 cm³/mol. The van der Waals surface area contributed by atoms with Crippen LogP contribution >= 0.6 is 0 Å². The van der Waals surface area contributed by atoms with Gasteiger partial charge in [-0.1, -0.05) is 0 Å². The van der Waals surface area contributed by atoms with Crippen LogP contribution in [0.25, 0.3) is 0 Å². The van der Waals surface area contributed by atoms with Crippen molar-refractivity contribution in [1.29, 1.82) is 0 Å². The molecule has 146 valence electrons. The van der Waals surface area contributed by atoms with Gasteiger partial charge >= 0.3 is 6.09 Å². The first-order valence-electron chi connectivity index (χ1n) is 9.87. The number of fused-ring (bicyclic) bond motifs is 3. The Balaban J connectivity index is 1.35. The lowest BCUT2D eigenvalue weighted by atomic mass is 9.89. The van der Waals surface area contributed by atoms with Crippen molar-refractivity contribution in [3.8, 4) is 0 Å². The predicted octanol–water partition coefficient (Wildman–Crippen LogP) is 1.03. The second kappa shape index (κ2) is 6.68. The molecule has 2 amide bonds. The maximum atomic E-state index is 12.6. The zero-order valence-corrected chi connectivity index (χ0v) is 16.3. The molecule has 3 aliphatic heterocycles. The highest BCUT2D eigenvalue weighted by atomic mass is 16.5. The summed E-state index contributed by atoms with van der Waals surface area (Å²) in [5.74, 6) is 1.61. The summed E-state index contributed by atoms with van der Waals surface area (Å²) >= 11 is 0. The summed E-state index contributed by atoms with van der Waals surface area (Å²) in [4.78, 5) is 31.0. The van der Waals surface area contributed by atoms with Crippen molar-refractivity contribution in [2.75, 3.05) is 40.5 Å². The lowest BCUT2D eigenvalue weighted by molar-refractivity contribution is -0.134. The quantitative estimate of drug-likeness (QED) is 0.748. The Morgan fingerprint density at radius 2 is 1.65 bits per heavy atom. The molecule has 2 unspecified atom stereocenters. The number of hydrogen-bond acceptors (Lipinski definition) is 5. The van der Waals surface area contributed by atoms with Crippen molar-refractivity contribution in [2.24, 2.45) is 17.8 Å². The van der Waals surface area contributed by atoms with Gasteiger partial charge in [0.2, 0.25) is 5.91 Å². The van der Waals surface area contributed by atoms with Crippen LogP contribution < -0.4 is 0 Å². The van der Waals surface area contributed by atoms with Gasteiger partial charge in [-0.25, -0.2) is 4.79 Å². The highest BCUT2D eigenvalue weighted by Gasteiger charge is 2.61. The fourth-order valence-corrected chi connectivity index (χ4v) is 5.30. The number of piperidine rings is 2. The molecule has 0 aromatic carbocycles. The van der Waals surface area contributed by atoms with E-state index in [0.717, 1.165) is 25.9 Å². The van der Waals surface area contributed by atoms with Gasteiger partial charge in [0.05, 0.1) is 32.4 Å². The first-order chi connectivity index (χ1) is 12.4. The number of hydrogen-bond donors (Lipinski definition) is 0. The van der Waals surface area contributed by atoms with Gasteiger partial charge in [0.1, 0.15) is 0 Å². The van der Waals surface area contributed by atoms with E-state index in [9.17, 15) is 9.59 Å². The third kappa shape index (κ3) is 2.89. The summed E-state index contributed by atoms with van der Waals surface area (Å²) in [5, 5.41) is 0. The van der Waals surface area contributed by atoms with E-state index in [-0.39, 0.29) is 30.1 Å². The maximum Gasteiger partial charge on any atom is 0.410 e. The molecule has 4 aliphatic rings. The van der Waals surface area contributed by atoms with Crippen LogP contribution in [-0.4, -0.2) is 91.3 Å². The van der Waals surface area contributed by atoms with Crippen LogP contribution in [0.1, 0.15) is 26.7 Å². The molecule has 0 aromatic heterocycles. The minimum absolute atomic E-state index is 0.112. The summed E-state index contributed by atoms with van der Waals surface area (Å²) in [7, 11) is 3.37. The molecule has 0 spiro atoms. The Labute approximate surface area is 155 Å². The Hall–Kier alpha value is -1.34. The van der Waals surface area contributed by atoms with E-state index >= 15 is 0 Å². The maximum absolute atomic E-state index is 12.6. The van der Waals surface area contributed by atoms with E-state index in [0.29, 0.717) is 37.0 Å².